The molecule has 0 aliphatic carbocycles. The largest absolute Gasteiger partial charge is 0.497 e. The summed E-state index contributed by atoms with van der Waals surface area (Å²) in [6, 6.07) is 6.83. The molecule has 4 nitrogen and oxygen atoms in total. The number of benzene rings is 1. The third-order valence-electron chi connectivity index (χ3n) is 1.79. The maximum absolute atomic E-state index is 8.95. The van der Waals surface area contributed by atoms with E-state index in [1.807, 2.05) is 20.8 Å². The molecule has 0 aliphatic rings. The molecule has 0 atom stereocenters. The van der Waals surface area contributed by atoms with Crippen molar-refractivity contribution in [3.63, 3.8) is 0 Å². The van der Waals surface area contributed by atoms with E-state index in [0.717, 1.165) is 5.75 Å². The second kappa shape index (κ2) is 4.55. The fraction of sp³-hybridized carbons (Fsp3) is 0.455. The second-order valence-electron chi connectivity index (χ2n) is 4.81. The summed E-state index contributed by atoms with van der Waals surface area (Å²) in [7, 11) is -4.00. The smallest absolute Gasteiger partial charge is 0.488 e. The van der Waals surface area contributed by atoms with E-state index < -0.39 is 8.80 Å². The standard InChI is InChI=1S/C11H18O4Si/c1-11(2,3)15-10-6-4-9(5-7-10)8-16(12,13)14/h4-7,12-14H,8H2,1-3H3. The summed E-state index contributed by atoms with van der Waals surface area (Å²) in [5, 5.41) is 0. The monoisotopic (exact) mass is 242 g/mol. The average Bonchev–Trinajstić information content (AvgIpc) is 2.03. The van der Waals surface area contributed by atoms with E-state index in [9.17, 15) is 0 Å². The zero-order valence-corrected chi connectivity index (χ0v) is 10.8. The van der Waals surface area contributed by atoms with E-state index in [1.54, 1.807) is 24.3 Å². The van der Waals surface area contributed by atoms with Gasteiger partial charge in [-0.1, -0.05) is 12.1 Å². The van der Waals surface area contributed by atoms with Crippen molar-refractivity contribution in [3.8, 4) is 5.75 Å². The molecular weight excluding hydrogens is 224 g/mol. The van der Waals surface area contributed by atoms with Gasteiger partial charge in [0.05, 0.1) is 0 Å². The third-order valence-corrected chi connectivity index (χ3v) is 2.67. The first-order valence-corrected chi connectivity index (χ1v) is 7.16. The zero-order chi connectivity index (χ0) is 12.4. The minimum atomic E-state index is -4.00. The highest BCUT2D eigenvalue weighted by Crippen LogP contribution is 2.19. The van der Waals surface area contributed by atoms with E-state index in [0.29, 0.717) is 5.56 Å². The topological polar surface area (TPSA) is 69.9 Å². The molecule has 1 aromatic carbocycles. The lowest BCUT2D eigenvalue weighted by Gasteiger charge is -2.21. The molecule has 0 bridgehead atoms. The van der Waals surface area contributed by atoms with Crippen molar-refractivity contribution in [3.05, 3.63) is 29.8 Å². The highest BCUT2D eigenvalue weighted by atomic mass is 28.4. The maximum atomic E-state index is 8.95. The summed E-state index contributed by atoms with van der Waals surface area (Å²) in [6.07, 6.45) is 0. The number of hydrogen-bond donors (Lipinski definition) is 3. The number of rotatable bonds is 3. The molecule has 0 amide bonds. The minimum absolute atomic E-state index is 0.0944. The zero-order valence-electron chi connectivity index (χ0n) is 9.77. The van der Waals surface area contributed by atoms with Crippen LogP contribution in [0.25, 0.3) is 0 Å². The number of ether oxygens (including phenoxy) is 1. The van der Waals surface area contributed by atoms with E-state index >= 15 is 0 Å². The van der Waals surface area contributed by atoms with Crippen molar-refractivity contribution in [2.24, 2.45) is 0 Å². The summed E-state index contributed by atoms with van der Waals surface area (Å²) in [5.74, 6) is 0.720. The van der Waals surface area contributed by atoms with Gasteiger partial charge in [-0.3, -0.25) is 0 Å². The van der Waals surface area contributed by atoms with Gasteiger partial charge in [-0.05, 0) is 38.5 Å². The van der Waals surface area contributed by atoms with Gasteiger partial charge >= 0.3 is 8.80 Å². The summed E-state index contributed by atoms with van der Waals surface area (Å²) < 4.78 is 5.61. The lowest BCUT2D eigenvalue weighted by atomic mass is 10.2. The Morgan fingerprint density at radius 1 is 1.06 bits per heavy atom. The predicted molar refractivity (Wildman–Crippen MR) is 62.9 cm³/mol. The van der Waals surface area contributed by atoms with Crippen LogP contribution in [0, 0.1) is 0 Å². The lowest BCUT2D eigenvalue weighted by molar-refractivity contribution is 0.131. The molecule has 0 saturated heterocycles. The van der Waals surface area contributed by atoms with Gasteiger partial charge < -0.3 is 19.1 Å². The Bertz CT molecular complexity index is 299. The Kier molecular flexibility index (Phi) is 3.74. The molecule has 0 unspecified atom stereocenters. The van der Waals surface area contributed by atoms with Crippen LogP contribution in [0.4, 0.5) is 0 Å². The van der Waals surface area contributed by atoms with Crippen LogP contribution < -0.4 is 4.74 Å². The first kappa shape index (κ1) is 13.2. The van der Waals surface area contributed by atoms with Crippen molar-refractivity contribution in [2.45, 2.75) is 32.4 Å². The van der Waals surface area contributed by atoms with E-state index in [-0.39, 0.29) is 11.6 Å². The van der Waals surface area contributed by atoms with Gasteiger partial charge in [0.15, 0.2) is 0 Å². The van der Waals surface area contributed by atoms with E-state index in [2.05, 4.69) is 0 Å². The Morgan fingerprint density at radius 3 is 1.94 bits per heavy atom. The van der Waals surface area contributed by atoms with Gasteiger partial charge in [-0.15, -0.1) is 0 Å². The normalized spacial score (nSPS) is 12.6. The molecule has 0 heterocycles. The average molecular weight is 242 g/mol. The van der Waals surface area contributed by atoms with Gasteiger partial charge in [-0.25, -0.2) is 0 Å². The molecule has 0 radical (unpaired) electrons. The van der Waals surface area contributed by atoms with Crippen LogP contribution in [-0.4, -0.2) is 28.8 Å². The van der Waals surface area contributed by atoms with Gasteiger partial charge in [0.25, 0.3) is 0 Å². The van der Waals surface area contributed by atoms with Crippen molar-refractivity contribution in [2.75, 3.05) is 0 Å². The molecule has 0 saturated carbocycles. The molecule has 1 aromatic rings. The lowest BCUT2D eigenvalue weighted by Crippen LogP contribution is -2.37. The summed E-state index contributed by atoms with van der Waals surface area (Å²) >= 11 is 0. The molecule has 0 fully saturated rings. The Hall–Kier alpha value is -0.883. The summed E-state index contributed by atoms with van der Waals surface area (Å²) in [5.41, 5.74) is 0.422. The fourth-order valence-electron chi connectivity index (χ4n) is 1.30. The molecule has 0 aromatic heterocycles. The highest BCUT2D eigenvalue weighted by molar-refractivity contribution is 6.55. The Labute approximate surface area is 96.5 Å². The Morgan fingerprint density at radius 2 is 1.56 bits per heavy atom. The molecule has 5 heteroatoms. The van der Waals surface area contributed by atoms with E-state index in [4.69, 9.17) is 19.1 Å². The third kappa shape index (κ3) is 5.27. The Balaban J connectivity index is 2.69. The summed E-state index contributed by atoms with van der Waals surface area (Å²) in [6.45, 7) is 5.86. The summed E-state index contributed by atoms with van der Waals surface area (Å²) in [4.78, 5) is 26.8. The first-order valence-electron chi connectivity index (χ1n) is 5.11. The van der Waals surface area contributed by atoms with Crippen LogP contribution in [-0.2, 0) is 6.04 Å². The molecule has 16 heavy (non-hydrogen) atoms. The quantitative estimate of drug-likeness (QED) is 0.688. The molecule has 1 rings (SSSR count). The first-order chi connectivity index (χ1) is 7.16. The molecule has 0 spiro atoms. The fourth-order valence-corrected chi connectivity index (χ4v) is 2.09. The van der Waals surface area contributed by atoms with Gasteiger partial charge in [0, 0.05) is 6.04 Å². The van der Waals surface area contributed by atoms with Crippen LogP contribution >= 0.6 is 0 Å². The molecule has 0 aliphatic heterocycles. The molecular formula is C11H18O4Si. The number of hydrogen-bond acceptors (Lipinski definition) is 4. The van der Waals surface area contributed by atoms with Gasteiger partial charge in [-0.2, -0.15) is 0 Å². The van der Waals surface area contributed by atoms with Crippen molar-refractivity contribution < 1.29 is 19.1 Å². The second-order valence-corrected chi connectivity index (χ2v) is 6.71. The van der Waals surface area contributed by atoms with Crippen molar-refractivity contribution in [1.82, 2.24) is 0 Å². The van der Waals surface area contributed by atoms with Crippen LogP contribution in [0.3, 0.4) is 0 Å². The minimum Gasteiger partial charge on any atom is -0.488 e. The molecule has 90 valence electrons. The van der Waals surface area contributed by atoms with E-state index in [1.165, 1.54) is 0 Å². The van der Waals surface area contributed by atoms with Crippen LogP contribution in [0.15, 0.2) is 24.3 Å². The van der Waals surface area contributed by atoms with Gasteiger partial charge in [0.2, 0.25) is 0 Å². The SMILES string of the molecule is CC(C)(C)Oc1ccc(C[Si](O)(O)O)cc1. The van der Waals surface area contributed by atoms with Crippen LogP contribution in [0.2, 0.25) is 0 Å². The van der Waals surface area contributed by atoms with Crippen molar-refractivity contribution >= 4 is 8.80 Å². The van der Waals surface area contributed by atoms with Crippen LogP contribution in [0.1, 0.15) is 26.3 Å². The maximum Gasteiger partial charge on any atom is 0.497 e. The van der Waals surface area contributed by atoms with Crippen molar-refractivity contribution in [1.29, 1.82) is 0 Å². The highest BCUT2D eigenvalue weighted by Gasteiger charge is 2.27. The van der Waals surface area contributed by atoms with Crippen LogP contribution in [0.5, 0.6) is 5.75 Å². The van der Waals surface area contributed by atoms with Gasteiger partial charge in [0.1, 0.15) is 11.4 Å². The molecule has 3 N–H and O–H groups in total. The predicted octanol–water partition coefficient (Wildman–Crippen LogP) is 0.861.